The number of nitrogens with zero attached hydrogens (tertiary/aromatic N) is 1. The number of sulfonamides is 1. The maximum absolute atomic E-state index is 12.9. The highest BCUT2D eigenvalue weighted by Crippen LogP contribution is 2.23. The zero-order valence-electron chi connectivity index (χ0n) is 18.4. The van der Waals surface area contributed by atoms with Gasteiger partial charge in [0.15, 0.2) is 5.11 Å². The fourth-order valence-electron chi connectivity index (χ4n) is 4.71. The van der Waals surface area contributed by atoms with E-state index in [1.807, 2.05) is 19.1 Å². The number of likely N-dealkylation sites (N-methyl/N-ethyl adjacent to an activating group) is 1. The molecular formula is C22H36N4O2S2. The second-order valence-electron chi connectivity index (χ2n) is 8.97. The Morgan fingerprint density at radius 2 is 1.43 bits per heavy atom. The summed E-state index contributed by atoms with van der Waals surface area (Å²) in [5, 5.41) is 7.59. The highest BCUT2D eigenvalue weighted by Gasteiger charge is 2.31. The van der Waals surface area contributed by atoms with Gasteiger partial charge in [0.25, 0.3) is 0 Å². The Hall–Kier alpha value is -1.22. The minimum absolute atomic E-state index is 0.000343. The van der Waals surface area contributed by atoms with Crippen LogP contribution in [0.25, 0.3) is 0 Å². The summed E-state index contributed by atoms with van der Waals surface area (Å²) in [6.07, 6.45) is 8.58. The fraction of sp³-hybridized carbons (Fsp3) is 0.682. The van der Waals surface area contributed by atoms with Crippen LogP contribution < -0.4 is 15.4 Å². The lowest BCUT2D eigenvalue weighted by Crippen LogP contribution is -2.58. The topological polar surface area (TPSA) is 73.5 Å². The van der Waals surface area contributed by atoms with Crippen LogP contribution in [-0.2, 0) is 10.0 Å². The molecule has 1 aromatic carbocycles. The molecule has 0 amide bonds. The van der Waals surface area contributed by atoms with Gasteiger partial charge in [-0.15, -0.1) is 0 Å². The van der Waals surface area contributed by atoms with Crippen molar-refractivity contribution in [1.82, 2.24) is 20.3 Å². The molecule has 0 aromatic heterocycles. The second-order valence-corrected chi connectivity index (χ2v) is 11.1. The zero-order valence-corrected chi connectivity index (χ0v) is 20.0. The standard InChI is InChI=1S/C22H36N4O2S2/c1-16-12-14-17(15-13-16)30(27,28)25-19-9-5-4-8-18(19)23-22(29)24-20-10-6-7-11-21(20)26(2)3/h12-15,18-21,25H,4-11H2,1-3H3,(H2,23,24,29)/t18-,19-,20+,21+/m0/s1. The van der Waals surface area contributed by atoms with Gasteiger partial charge >= 0.3 is 0 Å². The van der Waals surface area contributed by atoms with Gasteiger partial charge in [-0.1, -0.05) is 43.4 Å². The summed E-state index contributed by atoms with van der Waals surface area (Å²) in [6.45, 7) is 1.95. The third-order valence-electron chi connectivity index (χ3n) is 6.43. The molecule has 0 radical (unpaired) electrons. The smallest absolute Gasteiger partial charge is 0.240 e. The van der Waals surface area contributed by atoms with Gasteiger partial charge in [-0.05, 0) is 71.1 Å². The summed E-state index contributed by atoms with van der Waals surface area (Å²) in [6, 6.07) is 7.63. The van der Waals surface area contributed by atoms with Gasteiger partial charge in [0.05, 0.1) is 4.90 Å². The summed E-state index contributed by atoms with van der Waals surface area (Å²) in [5.74, 6) is 0. The Bertz CT molecular complexity index is 811. The normalized spacial score (nSPS) is 27.6. The second kappa shape index (κ2) is 10.4. The van der Waals surface area contributed by atoms with Gasteiger partial charge in [0.1, 0.15) is 0 Å². The van der Waals surface area contributed by atoms with Crippen LogP contribution in [0.5, 0.6) is 0 Å². The number of thiocarbonyl (C=S) groups is 1. The van der Waals surface area contributed by atoms with Crippen molar-refractivity contribution < 1.29 is 8.42 Å². The molecule has 8 heteroatoms. The molecule has 2 aliphatic carbocycles. The molecule has 4 atom stereocenters. The maximum Gasteiger partial charge on any atom is 0.240 e. The number of hydrogen-bond acceptors (Lipinski definition) is 4. The molecule has 0 heterocycles. The van der Waals surface area contributed by atoms with Crippen LogP contribution >= 0.6 is 12.2 Å². The van der Waals surface area contributed by atoms with Crippen LogP contribution in [0.1, 0.15) is 56.9 Å². The van der Waals surface area contributed by atoms with E-state index < -0.39 is 10.0 Å². The van der Waals surface area contributed by atoms with E-state index in [0.29, 0.717) is 22.1 Å². The van der Waals surface area contributed by atoms with Crippen molar-refractivity contribution in [3.05, 3.63) is 29.8 Å². The van der Waals surface area contributed by atoms with Crippen LogP contribution in [0.2, 0.25) is 0 Å². The average Bonchev–Trinajstić information content (AvgIpc) is 2.70. The Balaban J connectivity index is 1.62. The molecule has 0 saturated heterocycles. The first-order valence-electron chi connectivity index (χ1n) is 11.1. The molecule has 2 aliphatic rings. The molecule has 2 fully saturated rings. The predicted octanol–water partition coefficient (Wildman–Crippen LogP) is 2.92. The number of hydrogen-bond donors (Lipinski definition) is 3. The maximum atomic E-state index is 12.9. The van der Waals surface area contributed by atoms with E-state index in [0.717, 1.165) is 37.7 Å². The molecule has 3 N–H and O–H groups in total. The Kier molecular flexibility index (Phi) is 8.12. The SMILES string of the molecule is Cc1ccc(S(=O)(=O)N[C@H]2CCCC[C@@H]2NC(=S)N[C@@H]2CCCC[C@H]2N(C)C)cc1. The van der Waals surface area contributed by atoms with Crippen LogP contribution in [0.4, 0.5) is 0 Å². The summed E-state index contributed by atoms with van der Waals surface area (Å²) in [4.78, 5) is 2.59. The number of nitrogens with one attached hydrogen (secondary N) is 3. The van der Waals surface area contributed by atoms with Crippen molar-refractivity contribution in [3.63, 3.8) is 0 Å². The third kappa shape index (κ3) is 6.15. The Morgan fingerprint density at radius 1 is 0.900 bits per heavy atom. The lowest BCUT2D eigenvalue weighted by Gasteiger charge is -2.38. The van der Waals surface area contributed by atoms with Gasteiger partial charge < -0.3 is 15.5 Å². The molecule has 30 heavy (non-hydrogen) atoms. The fourth-order valence-corrected chi connectivity index (χ4v) is 6.32. The molecule has 0 unspecified atom stereocenters. The largest absolute Gasteiger partial charge is 0.358 e. The minimum Gasteiger partial charge on any atom is -0.358 e. The first kappa shape index (κ1) is 23.4. The van der Waals surface area contributed by atoms with Crippen LogP contribution in [-0.4, -0.2) is 56.7 Å². The molecule has 168 valence electrons. The van der Waals surface area contributed by atoms with E-state index in [1.54, 1.807) is 12.1 Å². The zero-order chi connectivity index (χ0) is 21.7. The van der Waals surface area contributed by atoms with E-state index in [1.165, 1.54) is 19.3 Å². The van der Waals surface area contributed by atoms with Crippen molar-refractivity contribution in [2.45, 2.75) is 87.4 Å². The van der Waals surface area contributed by atoms with Crippen molar-refractivity contribution in [3.8, 4) is 0 Å². The first-order valence-corrected chi connectivity index (χ1v) is 13.0. The molecular weight excluding hydrogens is 416 g/mol. The summed E-state index contributed by atoms with van der Waals surface area (Å²) < 4.78 is 28.7. The van der Waals surface area contributed by atoms with Gasteiger partial charge in [-0.3, -0.25) is 0 Å². The van der Waals surface area contributed by atoms with Crippen LogP contribution in [0.3, 0.4) is 0 Å². The highest BCUT2D eigenvalue weighted by molar-refractivity contribution is 7.89. The number of benzene rings is 1. The Labute approximate surface area is 187 Å². The van der Waals surface area contributed by atoms with Crippen molar-refractivity contribution in [2.24, 2.45) is 0 Å². The van der Waals surface area contributed by atoms with E-state index in [9.17, 15) is 8.42 Å². The minimum atomic E-state index is -3.55. The molecule has 0 bridgehead atoms. The van der Waals surface area contributed by atoms with Gasteiger partial charge in [0, 0.05) is 24.2 Å². The number of rotatable bonds is 6. The quantitative estimate of drug-likeness (QED) is 0.577. The number of aryl methyl sites for hydroxylation is 1. The van der Waals surface area contributed by atoms with E-state index in [4.69, 9.17) is 12.2 Å². The predicted molar refractivity (Wildman–Crippen MR) is 126 cm³/mol. The lowest BCUT2D eigenvalue weighted by molar-refractivity contribution is 0.189. The van der Waals surface area contributed by atoms with E-state index >= 15 is 0 Å². The first-order chi connectivity index (χ1) is 14.3. The molecule has 2 saturated carbocycles. The highest BCUT2D eigenvalue weighted by atomic mass is 32.2. The lowest BCUT2D eigenvalue weighted by atomic mass is 9.89. The van der Waals surface area contributed by atoms with Crippen LogP contribution in [0, 0.1) is 6.92 Å². The van der Waals surface area contributed by atoms with E-state index in [-0.39, 0.29) is 12.1 Å². The molecule has 3 rings (SSSR count). The summed E-state index contributed by atoms with van der Waals surface area (Å²) in [7, 11) is 0.693. The van der Waals surface area contributed by atoms with Gasteiger partial charge in [0.2, 0.25) is 10.0 Å². The monoisotopic (exact) mass is 452 g/mol. The Morgan fingerprint density at radius 3 is 2.07 bits per heavy atom. The third-order valence-corrected chi connectivity index (χ3v) is 8.17. The molecule has 0 spiro atoms. The molecule has 6 nitrogen and oxygen atoms in total. The molecule has 1 aromatic rings. The van der Waals surface area contributed by atoms with Crippen molar-refractivity contribution in [2.75, 3.05) is 14.1 Å². The average molecular weight is 453 g/mol. The van der Waals surface area contributed by atoms with Gasteiger partial charge in [-0.25, -0.2) is 13.1 Å². The molecule has 0 aliphatic heterocycles. The van der Waals surface area contributed by atoms with Crippen LogP contribution in [0.15, 0.2) is 29.2 Å². The van der Waals surface area contributed by atoms with Crippen molar-refractivity contribution >= 4 is 27.4 Å². The van der Waals surface area contributed by atoms with E-state index in [2.05, 4.69) is 34.4 Å². The van der Waals surface area contributed by atoms with Crippen molar-refractivity contribution in [1.29, 1.82) is 0 Å². The summed E-state index contributed by atoms with van der Waals surface area (Å²) in [5.41, 5.74) is 1.04. The summed E-state index contributed by atoms with van der Waals surface area (Å²) >= 11 is 5.64. The van der Waals surface area contributed by atoms with Gasteiger partial charge in [-0.2, -0.15) is 0 Å².